The fraction of sp³-hybridized carbons (Fsp3) is 0.696. The molecule has 2 aromatic rings. The predicted octanol–water partition coefficient (Wildman–Crippen LogP) is 4.26. The van der Waals surface area contributed by atoms with E-state index in [1.165, 1.54) is 11.3 Å². The van der Waals surface area contributed by atoms with E-state index >= 15 is 0 Å². The molecule has 186 valence electrons. The van der Waals surface area contributed by atoms with Gasteiger partial charge in [-0.2, -0.15) is 4.98 Å². The van der Waals surface area contributed by atoms with E-state index in [2.05, 4.69) is 25.0 Å². The van der Waals surface area contributed by atoms with Crippen LogP contribution in [0.2, 0.25) is 0 Å². The van der Waals surface area contributed by atoms with Gasteiger partial charge in [-0.15, -0.1) is 0 Å². The zero-order valence-corrected chi connectivity index (χ0v) is 20.5. The summed E-state index contributed by atoms with van der Waals surface area (Å²) in [5.41, 5.74) is 0.964. The number of rotatable bonds is 9. The summed E-state index contributed by atoms with van der Waals surface area (Å²) in [6, 6.07) is 0. The number of halogens is 2. The zero-order chi connectivity index (χ0) is 24.1. The SMILES string of the molecule is Cc1noc(CC(=O)N=CC2CCC(CCN3CCc4sc(OCC(C)(F)F)nc4C3)CC2)n1. The second-order valence-electron chi connectivity index (χ2n) is 9.39. The number of thiazole rings is 1. The normalized spacial score (nSPS) is 21.6. The number of alkyl halides is 2. The molecule has 0 unspecified atom stereocenters. The van der Waals surface area contributed by atoms with E-state index in [4.69, 9.17) is 9.26 Å². The number of aliphatic imine (C=N–C) groups is 1. The van der Waals surface area contributed by atoms with Crippen molar-refractivity contribution in [3.05, 3.63) is 22.3 Å². The van der Waals surface area contributed by atoms with Crippen LogP contribution in [0.1, 0.15) is 61.3 Å². The van der Waals surface area contributed by atoms with Gasteiger partial charge in [-0.05, 0) is 63.8 Å². The van der Waals surface area contributed by atoms with Crippen molar-refractivity contribution in [1.82, 2.24) is 20.0 Å². The molecule has 4 rings (SSSR count). The molecule has 0 atom stereocenters. The number of fused-ring (bicyclic) bond motifs is 1. The van der Waals surface area contributed by atoms with Crippen LogP contribution >= 0.6 is 11.3 Å². The Morgan fingerprint density at radius 2 is 2.12 bits per heavy atom. The third-order valence-corrected chi connectivity index (χ3v) is 7.35. The van der Waals surface area contributed by atoms with E-state index in [9.17, 15) is 13.6 Å². The van der Waals surface area contributed by atoms with Gasteiger partial charge in [-0.3, -0.25) is 9.69 Å². The van der Waals surface area contributed by atoms with E-state index < -0.39 is 12.5 Å². The molecule has 0 saturated heterocycles. The number of ether oxygens (including phenoxy) is 1. The van der Waals surface area contributed by atoms with Gasteiger partial charge in [0.2, 0.25) is 5.89 Å². The van der Waals surface area contributed by atoms with Crippen LogP contribution in [-0.2, 0) is 24.2 Å². The van der Waals surface area contributed by atoms with Gasteiger partial charge in [0, 0.05) is 31.1 Å². The fourth-order valence-electron chi connectivity index (χ4n) is 4.44. The highest BCUT2D eigenvalue weighted by atomic mass is 32.1. The Balaban J connectivity index is 1.15. The summed E-state index contributed by atoms with van der Waals surface area (Å²) >= 11 is 1.39. The van der Waals surface area contributed by atoms with Crippen molar-refractivity contribution in [1.29, 1.82) is 0 Å². The van der Waals surface area contributed by atoms with Gasteiger partial charge in [-0.25, -0.2) is 18.8 Å². The third-order valence-electron chi connectivity index (χ3n) is 6.28. The second kappa shape index (κ2) is 11.0. The third kappa shape index (κ3) is 7.36. The molecule has 0 spiro atoms. The van der Waals surface area contributed by atoms with Crippen molar-refractivity contribution in [2.45, 2.75) is 71.3 Å². The van der Waals surface area contributed by atoms with Crippen molar-refractivity contribution in [3.8, 4) is 5.19 Å². The number of nitrogens with zero attached hydrogens (tertiary/aromatic N) is 5. The van der Waals surface area contributed by atoms with Crippen LogP contribution < -0.4 is 4.74 Å². The minimum atomic E-state index is -2.85. The molecule has 1 saturated carbocycles. The van der Waals surface area contributed by atoms with Crippen LogP contribution in [0.3, 0.4) is 0 Å². The molecular formula is C23H31F2N5O3S. The molecule has 0 aromatic carbocycles. The topological polar surface area (TPSA) is 93.7 Å². The first-order valence-electron chi connectivity index (χ1n) is 11.8. The highest BCUT2D eigenvalue weighted by Gasteiger charge is 2.26. The molecule has 8 nitrogen and oxygen atoms in total. The number of hydrogen-bond donors (Lipinski definition) is 0. The Labute approximate surface area is 201 Å². The van der Waals surface area contributed by atoms with Crippen molar-refractivity contribution < 1.29 is 22.8 Å². The minimum absolute atomic E-state index is 0.0436. The summed E-state index contributed by atoms with van der Waals surface area (Å²) in [5, 5.41) is 4.03. The monoisotopic (exact) mass is 495 g/mol. The summed E-state index contributed by atoms with van der Waals surface area (Å²) in [6.45, 7) is 4.64. The Bertz CT molecular complexity index is 995. The number of hydrogen-bond acceptors (Lipinski definition) is 8. The second-order valence-corrected chi connectivity index (χ2v) is 10.4. The molecular weight excluding hydrogens is 464 g/mol. The van der Waals surface area contributed by atoms with Gasteiger partial charge in [0.1, 0.15) is 6.42 Å². The van der Waals surface area contributed by atoms with Crippen molar-refractivity contribution in [2.24, 2.45) is 16.8 Å². The Kier molecular flexibility index (Phi) is 8.02. The maximum atomic E-state index is 13.0. The average Bonchev–Trinajstić information content (AvgIpc) is 3.40. The number of carbonyl (C=O) groups excluding carboxylic acids is 1. The molecule has 3 heterocycles. The molecule has 1 aliphatic heterocycles. The molecule has 0 bridgehead atoms. The van der Waals surface area contributed by atoms with Crippen LogP contribution in [0.15, 0.2) is 9.52 Å². The molecule has 1 aliphatic carbocycles. The fourth-order valence-corrected chi connectivity index (χ4v) is 5.34. The van der Waals surface area contributed by atoms with Gasteiger partial charge in [0.15, 0.2) is 12.4 Å². The van der Waals surface area contributed by atoms with Crippen LogP contribution in [0.25, 0.3) is 0 Å². The summed E-state index contributed by atoms with van der Waals surface area (Å²) in [6.07, 6.45) is 8.20. The van der Waals surface area contributed by atoms with E-state index in [0.29, 0.717) is 28.7 Å². The lowest BCUT2D eigenvalue weighted by Gasteiger charge is -2.30. The molecule has 1 fully saturated rings. The van der Waals surface area contributed by atoms with Crippen molar-refractivity contribution >= 4 is 23.5 Å². The Morgan fingerprint density at radius 1 is 1.32 bits per heavy atom. The van der Waals surface area contributed by atoms with Gasteiger partial charge < -0.3 is 9.26 Å². The molecule has 1 amide bonds. The number of aryl methyl sites for hydroxylation is 1. The van der Waals surface area contributed by atoms with E-state index in [1.807, 2.05) is 0 Å². The van der Waals surface area contributed by atoms with Crippen molar-refractivity contribution in [2.75, 3.05) is 19.7 Å². The Hall–Kier alpha value is -2.27. The van der Waals surface area contributed by atoms with Crippen LogP contribution in [-0.4, -0.2) is 57.8 Å². The van der Waals surface area contributed by atoms with Crippen LogP contribution in [0.5, 0.6) is 5.19 Å². The van der Waals surface area contributed by atoms with E-state index in [1.54, 1.807) is 13.1 Å². The molecule has 2 aromatic heterocycles. The standard InChI is InChI=1S/C23H31F2N5O3S/c1-15-27-21(33-29-15)11-20(31)26-12-17-5-3-16(4-6-17)7-9-30-10-8-19-18(13-30)28-22(34-19)32-14-23(2,24)25/h12,16-17H,3-11,13-14H2,1-2H3. The highest BCUT2D eigenvalue weighted by Crippen LogP contribution is 2.33. The zero-order valence-electron chi connectivity index (χ0n) is 19.6. The smallest absolute Gasteiger partial charge is 0.278 e. The molecule has 2 aliphatic rings. The first-order valence-corrected chi connectivity index (χ1v) is 12.6. The lowest BCUT2D eigenvalue weighted by molar-refractivity contribution is -0.117. The van der Waals surface area contributed by atoms with E-state index in [-0.39, 0.29) is 12.3 Å². The largest absolute Gasteiger partial charge is 0.464 e. The average molecular weight is 496 g/mol. The van der Waals surface area contributed by atoms with Crippen LogP contribution in [0.4, 0.5) is 8.78 Å². The first kappa shape index (κ1) is 24.8. The first-order chi connectivity index (χ1) is 16.2. The van der Waals surface area contributed by atoms with Crippen molar-refractivity contribution in [3.63, 3.8) is 0 Å². The Morgan fingerprint density at radius 3 is 2.82 bits per heavy atom. The predicted molar refractivity (Wildman–Crippen MR) is 124 cm³/mol. The number of aromatic nitrogens is 3. The summed E-state index contributed by atoms with van der Waals surface area (Å²) < 4.78 is 36.2. The van der Waals surface area contributed by atoms with Gasteiger partial charge in [0.05, 0.1) is 5.69 Å². The quantitative estimate of drug-likeness (QED) is 0.480. The molecule has 0 radical (unpaired) electrons. The lowest BCUT2D eigenvalue weighted by atomic mass is 9.81. The molecule has 11 heteroatoms. The minimum Gasteiger partial charge on any atom is -0.464 e. The van der Waals surface area contributed by atoms with Crippen LogP contribution in [0, 0.1) is 18.8 Å². The van der Waals surface area contributed by atoms with Gasteiger partial charge >= 0.3 is 0 Å². The van der Waals surface area contributed by atoms with Gasteiger partial charge in [-0.1, -0.05) is 16.5 Å². The molecule has 0 N–H and O–H groups in total. The molecule has 34 heavy (non-hydrogen) atoms. The lowest BCUT2D eigenvalue weighted by Crippen LogP contribution is -2.32. The van der Waals surface area contributed by atoms with Gasteiger partial charge in [0.25, 0.3) is 17.0 Å². The summed E-state index contributed by atoms with van der Waals surface area (Å²) in [4.78, 5) is 28.1. The maximum Gasteiger partial charge on any atom is 0.278 e. The maximum absolute atomic E-state index is 13.0. The number of amides is 1. The highest BCUT2D eigenvalue weighted by molar-refractivity contribution is 7.13. The number of carbonyl (C=O) groups is 1. The summed E-state index contributed by atoms with van der Waals surface area (Å²) in [5.74, 6) is -1.28. The summed E-state index contributed by atoms with van der Waals surface area (Å²) in [7, 11) is 0. The van der Waals surface area contributed by atoms with E-state index in [0.717, 1.165) is 75.7 Å².